The van der Waals surface area contributed by atoms with Crippen LogP contribution in [0.2, 0.25) is 61.4 Å². The van der Waals surface area contributed by atoms with Gasteiger partial charge in [-0.15, -0.1) is 0 Å². The summed E-state index contributed by atoms with van der Waals surface area (Å²) < 4.78 is 19.0. The van der Waals surface area contributed by atoms with Crippen molar-refractivity contribution in [1.82, 2.24) is 63.9 Å². The van der Waals surface area contributed by atoms with Crippen molar-refractivity contribution >= 4 is 101 Å². The van der Waals surface area contributed by atoms with Gasteiger partial charge in [0.1, 0.15) is 47.3 Å². The van der Waals surface area contributed by atoms with Gasteiger partial charge in [-0.25, -0.2) is 24.9 Å². The summed E-state index contributed by atoms with van der Waals surface area (Å²) in [6.45, 7) is 16.5. The quantitative estimate of drug-likeness (QED) is 0.0497. The van der Waals surface area contributed by atoms with Gasteiger partial charge in [0.25, 0.3) is 11.8 Å². The average molecular weight is 1020 g/mol. The van der Waals surface area contributed by atoms with Gasteiger partial charge in [0, 0.05) is 102 Å². The Morgan fingerprint density at radius 1 is 0.714 bits per heavy atom. The molecule has 7 aromatic heterocycles. The molecule has 2 amide bonds. The number of fused-ring (bicyclic) bond motifs is 4. The first kappa shape index (κ1) is 50.1. The third-order valence-electron chi connectivity index (χ3n) is 11.3. The number of benzene rings is 2. The maximum absolute atomic E-state index is 13.2. The smallest absolute Gasteiger partial charge is 0.261 e. The molecule has 70 heavy (non-hydrogen) atoms. The van der Waals surface area contributed by atoms with E-state index in [2.05, 4.69) is 80.0 Å². The Morgan fingerprint density at radius 2 is 1.20 bits per heavy atom. The van der Waals surface area contributed by atoms with Crippen molar-refractivity contribution in [3.8, 4) is 22.8 Å². The highest BCUT2D eigenvalue weighted by atomic mass is 35.5. The normalized spacial score (nSPS) is 12.0. The van der Waals surface area contributed by atoms with E-state index in [0.29, 0.717) is 105 Å². The second kappa shape index (κ2) is 20.9. The number of ether oxygens (including phenoxy) is 2. The molecule has 9 rings (SSSR count). The molecule has 0 fully saturated rings. The summed E-state index contributed by atoms with van der Waals surface area (Å²) in [5.74, 6) is -0.246. The van der Waals surface area contributed by atoms with E-state index >= 15 is 0 Å². The number of aromatic amines is 1. The van der Waals surface area contributed by atoms with E-state index in [1.807, 2.05) is 59.6 Å². The summed E-state index contributed by atoms with van der Waals surface area (Å²) in [7, 11) is 1.28. The first-order valence-corrected chi connectivity index (χ1v) is 31.0. The van der Waals surface area contributed by atoms with Crippen LogP contribution in [0.15, 0.2) is 73.6 Å². The van der Waals surface area contributed by atoms with Gasteiger partial charge in [0.15, 0.2) is 11.3 Å². The Bertz CT molecular complexity index is 3330. The Balaban J connectivity index is 0.000000189. The van der Waals surface area contributed by atoms with Crippen LogP contribution in [0.4, 0.5) is 5.95 Å². The molecule has 0 aliphatic heterocycles. The number of nitrogens with two attached hydrogens (primary N) is 1. The number of rotatable bonds is 17. The number of carbonyl (C=O) groups excluding carboxylic acids is 2. The third-order valence-corrected chi connectivity index (χ3v) is 15.2. The van der Waals surface area contributed by atoms with E-state index < -0.39 is 16.1 Å². The minimum Gasteiger partial charge on any atom is -0.361 e. The molecule has 0 radical (unpaired) electrons. The molecule has 7 heterocycles. The number of carbonyl (C=O) groups is 2. The molecule has 0 atom stereocenters. The number of nitrogens with one attached hydrogen (secondary N) is 3. The maximum atomic E-state index is 13.2. The maximum Gasteiger partial charge on any atom is 0.261 e. The van der Waals surface area contributed by atoms with Crippen LogP contribution in [0, 0.1) is 0 Å². The van der Waals surface area contributed by atoms with Crippen LogP contribution >= 0.6 is 23.2 Å². The van der Waals surface area contributed by atoms with Crippen LogP contribution in [0.5, 0.6) is 0 Å². The number of amides is 2. The molecule has 2 aromatic carbocycles. The van der Waals surface area contributed by atoms with Crippen molar-refractivity contribution in [2.45, 2.75) is 64.8 Å². The fourth-order valence-electron chi connectivity index (χ4n) is 7.57. The monoisotopic (exact) mass is 1020 g/mol. The lowest BCUT2D eigenvalue weighted by molar-refractivity contribution is 0.0890. The van der Waals surface area contributed by atoms with Crippen molar-refractivity contribution in [3.63, 3.8) is 0 Å². The third kappa shape index (κ3) is 11.5. The molecular weight excluding hydrogens is 966 g/mol. The second-order valence-corrected chi connectivity index (χ2v) is 31.4. The van der Waals surface area contributed by atoms with Gasteiger partial charge in [-0.3, -0.25) is 24.3 Å². The largest absolute Gasteiger partial charge is 0.361 e. The van der Waals surface area contributed by atoms with Crippen LogP contribution in [0.3, 0.4) is 0 Å². The Labute approximate surface area is 416 Å². The highest BCUT2D eigenvalue weighted by Crippen LogP contribution is 2.32. The lowest BCUT2D eigenvalue weighted by atomic mass is 10.1. The van der Waals surface area contributed by atoms with E-state index in [-0.39, 0.29) is 18.5 Å². The zero-order valence-corrected chi connectivity index (χ0v) is 44.0. The molecule has 0 unspecified atom stereocenters. The molecular formula is C47H57Cl2N15O4Si2. The Hall–Kier alpha value is -6.34. The van der Waals surface area contributed by atoms with E-state index in [1.54, 1.807) is 46.5 Å². The van der Waals surface area contributed by atoms with Gasteiger partial charge in [-0.05, 0) is 48.5 Å². The highest BCUT2D eigenvalue weighted by molar-refractivity contribution is 6.76. The van der Waals surface area contributed by atoms with E-state index in [1.165, 1.54) is 0 Å². The van der Waals surface area contributed by atoms with Crippen LogP contribution in [0.25, 0.3) is 66.9 Å². The predicted octanol–water partition coefficient (Wildman–Crippen LogP) is 8.57. The van der Waals surface area contributed by atoms with Crippen LogP contribution in [-0.2, 0) is 37.0 Å². The van der Waals surface area contributed by atoms with E-state index in [9.17, 15) is 9.59 Å². The van der Waals surface area contributed by atoms with E-state index in [4.69, 9.17) is 48.4 Å². The first-order chi connectivity index (χ1) is 33.4. The average Bonchev–Trinajstić information content (AvgIpc) is 4.16. The van der Waals surface area contributed by atoms with Gasteiger partial charge in [-0.1, -0.05) is 62.5 Å². The topological polar surface area (TPSA) is 228 Å². The van der Waals surface area contributed by atoms with Crippen LogP contribution in [0.1, 0.15) is 20.7 Å². The van der Waals surface area contributed by atoms with Crippen molar-refractivity contribution in [3.05, 3.63) is 94.8 Å². The lowest BCUT2D eigenvalue weighted by Gasteiger charge is -2.15. The minimum absolute atomic E-state index is 0.250. The van der Waals surface area contributed by atoms with Gasteiger partial charge < -0.3 is 34.6 Å². The summed E-state index contributed by atoms with van der Waals surface area (Å²) in [5.41, 5.74) is 12.7. The number of halogens is 2. The van der Waals surface area contributed by atoms with Gasteiger partial charge >= 0.3 is 0 Å². The Morgan fingerprint density at radius 3 is 1.64 bits per heavy atom. The number of aromatic nitrogens is 12. The zero-order chi connectivity index (χ0) is 49.9. The van der Waals surface area contributed by atoms with Crippen molar-refractivity contribution in [2.75, 3.05) is 31.6 Å². The molecule has 23 heteroatoms. The van der Waals surface area contributed by atoms with Crippen molar-refractivity contribution in [1.29, 1.82) is 0 Å². The molecule has 9 aromatic rings. The fraction of sp³-hybridized carbons (Fsp3) is 0.340. The summed E-state index contributed by atoms with van der Waals surface area (Å²) >= 11 is 12.4. The molecule has 366 valence electrons. The summed E-state index contributed by atoms with van der Waals surface area (Å²) in [4.78, 5) is 52.0. The fourth-order valence-corrected chi connectivity index (χ4v) is 9.42. The minimum atomic E-state index is -1.22. The highest BCUT2D eigenvalue weighted by Gasteiger charge is 2.24. The van der Waals surface area contributed by atoms with Gasteiger partial charge in [-0.2, -0.15) is 10.2 Å². The Kier molecular flexibility index (Phi) is 15.0. The molecule has 0 saturated heterocycles. The number of anilines is 1. The number of nitrogens with zero attached hydrogens (tertiary/aromatic N) is 11. The standard InChI is InChI=1S/C24H27ClN8O2Si.C23H30ClN7O2Si/c1-32-19-11-15(25)5-6-16(19)20(31-32)18-12-28-22-21(29-18)17(23(34)30-24-26-7-8-27-24)13-33(22)14-35-9-10-36(2,3)4;1-30-19-11-15(24)5-6-16(19)20(29-30)18-12-27-22-21(28-18)17(23(32)26-8-7-25)13-31(22)14-33-9-10-34(2,3)4/h5-8,11-13H,9-10,14H2,1-4H3,(H2,26,27,30,34);5-6,11-13H,7-10,14,25H2,1-4H3,(H,26,32). The first-order valence-electron chi connectivity index (χ1n) is 22.8. The number of H-pyrrole nitrogens is 1. The number of hydrogen-bond donors (Lipinski definition) is 4. The molecule has 0 spiro atoms. The van der Waals surface area contributed by atoms with Crippen molar-refractivity contribution < 1.29 is 19.1 Å². The molecule has 0 aliphatic rings. The zero-order valence-electron chi connectivity index (χ0n) is 40.5. The van der Waals surface area contributed by atoms with E-state index in [0.717, 1.165) is 33.9 Å². The van der Waals surface area contributed by atoms with Crippen molar-refractivity contribution in [2.24, 2.45) is 19.8 Å². The van der Waals surface area contributed by atoms with Crippen LogP contribution in [-0.4, -0.2) is 113 Å². The lowest BCUT2D eigenvalue weighted by Crippen LogP contribution is -2.29. The molecule has 0 saturated carbocycles. The second-order valence-electron chi connectivity index (χ2n) is 19.3. The molecule has 5 N–H and O–H groups in total. The SMILES string of the molecule is Cn1nc(-c2cnc3c(n2)c(C(=O)NCCN)cn3COCC[Si](C)(C)C)c2ccc(Cl)cc21.Cn1nc(-c2cnc3c(n2)c(C(=O)Nc2ncc[nH]2)cn3COCC[Si](C)(C)C)c2ccc(Cl)cc21. The molecule has 0 bridgehead atoms. The number of hydrogen-bond acceptors (Lipinski definition) is 12. The summed E-state index contributed by atoms with van der Waals surface area (Å²) in [6.07, 6.45) is 10.0. The summed E-state index contributed by atoms with van der Waals surface area (Å²) in [6, 6.07) is 13.3. The summed E-state index contributed by atoms with van der Waals surface area (Å²) in [5, 5.41) is 17.9. The number of imidazole rings is 1. The predicted molar refractivity (Wildman–Crippen MR) is 281 cm³/mol. The number of aryl methyl sites for hydroxylation is 2. The molecule has 0 aliphatic carbocycles. The van der Waals surface area contributed by atoms with Gasteiger partial charge in [0.2, 0.25) is 5.95 Å². The van der Waals surface area contributed by atoms with Crippen LogP contribution < -0.4 is 16.4 Å². The van der Waals surface area contributed by atoms with Gasteiger partial charge in [0.05, 0.1) is 34.6 Å². The molecule has 19 nitrogen and oxygen atoms in total.